The van der Waals surface area contributed by atoms with E-state index >= 15 is 0 Å². The van der Waals surface area contributed by atoms with Crippen molar-refractivity contribution in [2.75, 3.05) is 0 Å². The van der Waals surface area contributed by atoms with Gasteiger partial charge in [0.25, 0.3) is 0 Å². The number of ether oxygens (including phenoxy) is 1. The van der Waals surface area contributed by atoms with E-state index in [1.807, 2.05) is 19.9 Å². The van der Waals surface area contributed by atoms with Gasteiger partial charge in [-0.25, -0.2) is 49.1 Å². The van der Waals surface area contributed by atoms with E-state index in [-0.39, 0.29) is 36.7 Å². The predicted octanol–water partition coefficient (Wildman–Crippen LogP) is 14.3. The van der Waals surface area contributed by atoms with Crippen molar-refractivity contribution in [3.8, 4) is 0 Å². The SMILES string of the molecule is C.CC.Clc1cc(Cl)ncn1.FCc1cc(Cl)ncn1.O=C(OCc1cc(Cl)ncn1)c1ccccc1.OCc1cc(Cl)ncn1.[CH2-]C.[CH2-]C.[I][V]([I])[I].[I][V][I]. The molecule has 0 atom stereocenters. The minimum atomic E-state index is -0.595. The van der Waals surface area contributed by atoms with E-state index in [0.29, 0.717) is 52.7 Å². The summed E-state index contributed by atoms with van der Waals surface area (Å²) in [5.41, 5.74) is 1.92. The molecule has 319 valence electrons. The minimum absolute atomic E-state index is 0. The van der Waals surface area contributed by atoms with Gasteiger partial charge < -0.3 is 23.7 Å². The third kappa shape index (κ3) is 45.0. The van der Waals surface area contributed by atoms with Crippen molar-refractivity contribution in [1.29, 1.82) is 0 Å². The Kier molecular flexibility index (Phi) is 58.8. The van der Waals surface area contributed by atoms with Crippen LogP contribution in [0.5, 0.6) is 0 Å². The molecule has 1 aromatic carbocycles. The molecule has 4 heterocycles. The molecule has 0 aliphatic heterocycles. The molecule has 57 heavy (non-hydrogen) atoms. The molecule has 0 bridgehead atoms. The second-order valence-electron chi connectivity index (χ2n) is 7.65. The quantitative estimate of drug-likeness (QED) is 0.0775. The number of esters is 1. The van der Waals surface area contributed by atoms with Gasteiger partial charge in [0.1, 0.15) is 64.4 Å². The van der Waals surface area contributed by atoms with Crippen LogP contribution < -0.4 is 0 Å². The first-order chi connectivity index (χ1) is 26.8. The van der Waals surface area contributed by atoms with Gasteiger partial charge >= 0.3 is 120 Å². The molecule has 0 radical (unpaired) electrons. The maximum atomic E-state index is 11.8. The molecular formula is C33H40Cl5FI5N8O3V2-2. The number of carbonyl (C=O) groups excluding carboxylic acids is 1. The van der Waals surface area contributed by atoms with Crippen LogP contribution in [0.25, 0.3) is 0 Å². The van der Waals surface area contributed by atoms with Crippen LogP contribution in [0.3, 0.4) is 0 Å². The van der Waals surface area contributed by atoms with Crippen molar-refractivity contribution in [2.45, 2.75) is 55.0 Å². The van der Waals surface area contributed by atoms with Crippen LogP contribution in [0.4, 0.5) is 4.39 Å². The first kappa shape index (κ1) is 67.3. The number of rotatable bonds is 5. The molecule has 0 unspecified atom stereocenters. The van der Waals surface area contributed by atoms with Crippen LogP contribution in [-0.4, -0.2) is 50.9 Å². The Morgan fingerprint density at radius 3 is 1.30 bits per heavy atom. The van der Waals surface area contributed by atoms with Gasteiger partial charge in [-0.1, -0.05) is 97.5 Å². The van der Waals surface area contributed by atoms with Crippen LogP contribution in [0.2, 0.25) is 25.8 Å². The van der Waals surface area contributed by atoms with Crippen molar-refractivity contribution < 1.29 is 33.4 Å². The molecule has 0 saturated heterocycles. The summed E-state index contributed by atoms with van der Waals surface area (Å²) in [6.45, 7) is 13.4. The van der Waals surface area contributed by atoms with Gasteiger partial charge in [0.05, 0.1) is 29.3 Å². The van der Waals surface area contributed by atoms with Crippen molar-refractivity contribution in [2.24, 2.45) is 0 Å². The third-order valence-electron chi connectivity index (χ3n) is 4.33. The van der Waals surface area contributed by atoms with Crippen molar-refractivity contribution in [3.63, 3.8) is 0 Å². The van der Waals surface area contributed by atoms with E-state index in [1.165, 1.54) is 43.5 Å². The van der Waals surface area contributed by atoms with E-state index < -0.39 is 6.67 Å². The summed E-state index contributed by atoms with van der Waals surface area (Å²) in [6, 6.07) is 14.7. The molecule has 1 N–H and O–H groups in total. The van der Waals surface area contributed by atoms with Crippen molar-refractivity contribution >= 4 is 164 Å². The summed E-state index contributed by atoms with van der Waals surface area (Å²) in [4.78, 5) is 40.7. The molecule has 0 amide bonds. The maximum absolute atomic E-state index is 11.8. The molecule has 5 aromatic rings. The Morgan fingerprint density at radius 2 is 1.00 bits per heavy atom. The first-order valence-electron chi connectivity index (χ1n) is 14.9. The topological polar surface area (TPSA) is 150 Å². The fourth-order valence-electron chi connectivity index (χ4n) is 2.46. The summed E-state index contributed by atoms with van der Waals surface area (Å²) in [7, 11) is 0.628. The summed E-state index contributed by atoms with van der Waals surface area (Å²) < 4.78 is 16.8. The zero-order valence-corrected chi connectivity index (χ0v) is 47.3. The first-order valence-corrected chi connectivity index (χ1v) is 39.3. The predicted molar refractivity (Wildman–Crippen MR) is 270 cm³/mol. The summed E-state index contributed by atoms with van der Waals surface area (Å²) >= 11 is 39.5. The van der Waals surface area contributed by atoms with E-state index in [4.69, 9.17) is 67.8 Å². The molecule has 0 saturated carbocycles. The Labute approximate surface area is 427 Å². The Balaban J connectivity index is -0.000000197. The van der Waals surface area contributed by atoms with Gasteiger partial charge in [-0.3, -0.25) is 0 Å². The van der Waals surface area contributed by atoms with Crippen molar-refractivity contribution in [3.05, 3.63) is 142 Å². The number of hydrogen-bond acceptors (Lipinski definition) is 11. The van der Waals surface area contributed by atoms with E-state index in [9.17, 15) is 9.18 Å². The molecule has 5 rings (SSSR count). The second kappa shape index (κ2) is 49.8. The molecule has 0 spiro atoms. The number of benzene rings is 1. The zero-order valence-electron chi connectivity index (χ0n) is 29.9. The number of alkyl halides is 1. The molecule has 11 nitrogen and oxygen atoms in total. The number of aromatic nitrogens is 8. The Morgan fingerprint density at radius 1 is 0.684 bits per heavy atom. The average molecular weight is 1530 g/mol. The van der Waals surface area contributed by atoms with Gasteiger partial charge in [-0.2, -0.15) is 13.8 Å². The number of nitrogens with zero attached hydrogens (tertiary/aromatic N) is 8. The van der Waals surface area contributed by atoms with Crippen LogP contribution in [0.1, 0.15) is 62.6 Å². The van der Waals surface area contributed by atoms with Crippen LogP contribution in [0.15, 0.2) is 79.9 Å². The summed E-state index contributed by atoms with van der Waals surface area (Å²) in [5, 5.41) is 10.2. The molecule has 0 aliphatic rings. The third-order valence-corrected chi connectivity index (χ3v) is 5.36. The van der Waals surface area contributed by atoms with Gasteiger partial charge in [-0.15, -0.1) is 0 Å². The van der Waals surface area contributed by atoms with Gasteiger partial charge in [0.2, 0.25) is 0 Å². The Bertz CT molecular complexity index is 1600. The van der Waals surface area contributed by atoms with E-state index in [2.05, 4.69) is 154 Å². The van der Waals surface area contributed by atoms with Crippen LogP contribution >= 0.6 is 158 Å². The number of aliphatic hydroxyl groups excluding tert-OH is 1. The summed E-state index contributed by atoms with van der Waals surface area (Å²) in [6.07, 6.45) is 5.18. The van der Waals surface area contributed by atoms with Gasteiger partial charge in [0.15, 0.2) is 0 Å². The standard InChI is InChI=1S/C12H9ClN2O2.C5H4ClFN2.C5H5ClN2O.C4H2Cl2N2.C2H6.2C2H5.CH4.5HI.2V/c13-11-6-10(14-8-15-11)7-17-12(16)9-4-2-1-3-5-9;6-5-1-4(2-7)8-3-9-5;6-5-1-4(2-9)7-3-8-5;5-3-1-4(6)8-2-7-3;3*1-2;;;;;;;;/h1-6,8H,7H2;1,3H,2H2;1,3,9H,2H2;1-2H;1-2H3;2*1H2,2H3;1H4;5*1H;;/q;;;;;2*-1;;;;;;;+2;+3/p-5. The molecule has 4 aromatic heterocycles. The second-order valence-corrected chi connectivity index (χ2v) is 56.7. The average Bonchev–Trinajstić information content (AvgIpc) is 3.20. The summed E-state index contributed by atoms with van der Waals surface area (Å²) in [5.74, 6) is -0.389. The monoisotopic (exact) mass is 1530 g/mol. The van der Waals surface area contributed by atoms with Crippen molar-refractivity contribution in [1.82, 2.24) is 39.9 Å². The molecule has 0 aliphatic carbocycles. The zero-order chi connectivity index (χ0) is 43.7. The fourth-order valence-corrected chi connectivity index (χ4v) is 3.32. The molecular weight excluding hydrogens is 1490 g/mol. The number of carbonyl (C=O) groups is 1. The van der Waals surface area contributed by atoms with Crippen LogP contribution in [0, 0.1) is 13.8 Å². The normalized spacial score (nSPS) is 8.47. The van der Waals surface area contributed by atoms with E-state index in [0.717, 1.165) is 0 Å². The molecule has 24 heteroatoms. The number of hydrogen-bond donors (Lipinski definition) is 1. The van der Waals surface area contributed by atoms with Gasteiger partial charge in [-0.05, 0) is 24.3 Å². The van der Waals surface area contributed by atoms with E-state index in [1.54, 1.807) is 44.2 Å². The Hall–Kier alpha value is 1.17. The fraction of sp³-hybridized carbons (Fsp3) is 0.242. The number of halogens is 11. The van der Waals surface area contributed by atoms with Crippen LogP contribution in [-0.2, 0) is 39.0 Å². The number of aliphatic hydroxyl groups is 1. The molecule has 0 fully saturated rings. The van der Waals surface area contributed by atoms with Gasteiger partial charge in [0, 0.05) is 12.1 Å².